The molecule has 7 aromatic rings. The molecule has 11 amide bonds. The van der Waals surface area contributed by atoms with Gasteiger partial charge in [-0.2, -0.15) is 0 Å². The molecule has 11 rings (SSSR count). The van der Waals surface area contributed by atoms with E-state index in [2.05, 4.69) is 184 Å². The normalized spacial score (nSPS) is 15.7. The topological polar surface area (TPSA) is 452 Å². The lowest BCUT2D eigenvalue weighted by atomic mass is 9.79. The molecule has 4 aliphatic rings. The second kappa shape index (κ2) is 50.7. The monoisotopic (exact) mass is 2040 g/mol. The van der Waals surface area contributed by atoms with Crippen LogP contribution in [0.5, 0.6) is 17.2 Å². The number of phenols is 1. The minimum atomic E-state index is -3.98. The summed E-state index contributed by atoms with van der Waals surface area (Å²) in [5.41, 5.74) is 8.04. The van der Waals surface area contributed by atoms with Gasteiger partial charge >= 0.3 is 36.1 Å². The first-order valence-electron chi connectivity index (χ1n) is 47.6. The molecule has 6 aromatic carbocycles. The molecular formula is C103H141ClN12O19S5. The van der Waals surface area contributed by atoms with Crippen LogP contribution in [0.1, 0.15) is 292 Å². The van der Waals surface area contributed by atoms with Crippen LogP contribution in [-0.4, -0.2) is 160 Å². The van der Waals surface area contributed by atoms with Crippen molar-refractivity contribution >= 4 is 119 Å². The number of carboxylic acid groups (broad SMARTS) is 1. The fourth-order valence-electron chi connectivity index (χ4n) is 16.2. The molecular weight excluding hydrogens is 1900 g/mol. The van der Waals surface area contributed by atoms with Gasteiger partial charge in [-0.1, -0.05) is 183 Å². The summed E-state index contributed by atoms with van der Waals surface area (Å²) in [5.74, 6) is -0.486. The summed E-state index contributed by atoms with van der Waals surface area (Å²) >= 11 is 9.49. The Hall–Kier alpha value is -10.8. The van der Waals surface area contributed by atoms with Gasteiger partial charge in [0.1, 0.15) is 22.9 Å². The number of thioether (sulfide) groups is 2. The number of urea groups is 4. The predicted octanol–water partition coefficient (Wildman–Crippen LogP) is 18.8. The van der Waals surface area contributed by atoms with Crippen molar-refractivity contribution in [1.82, 2.24) is 60.9 Å². The number of esters is 1. The molecule has 0 atom stereocenters. The maximum atomic E-state index is 12.7. The highest BCUT2D eigenvalue weighted by atomic mass is 35.5. The van der Waals surface area contributed by atoms with Gasteiger partial charge in [0.25, 0.3) is 47.8 Å². The molecule has 37 heteroatoms. The van der Waals surface area contributed by atoms with Crippen LogP contribution in [0.25, 0.3) is 0 Å². The molecule has 2 heterocycles. The summed E-state index contributed by atoms with van der Waals surface area (Å²) in [6.45, 7) is 38.7. The first-order valence-corrected chi connectivity index (χ1v) is 54.0. The maximum absolute atomic E-state index is 12.7. The molecule has 0 unspecified atom stereocenters. The average Bonchev–Trinajstić information content (AvgIpc) is 0.855. The molecule has 1 aliphatic heterocycles. The van der Waals surface area contributed by atoms with Crippen molar-refractivity contribution in [2.45, 2.75) is 321 Å². The zero-order valence-electron chi connectivity index (χ0n) is 84.0. The van der Waals surface area contributed by atoms with Gasteiger partial charge in [-0.25, -0.2) is 63.6 Å². The summed E-state index contributed by atoms with van der Waals surface area (Å²) in [6, 6.07) is 29.3. The Labute approximate surface area is 839 Å². The third-order valence-corrected chi connectivity index (χ3v) is 30.7. The van der Waals surface area contributed by atoms with Crippen LogP contribution in [-0.2, 0) is 85.4 Å². The van der Waals surface area contributed by atoms with Crippen LogP contribution in [0.15, 0.2) is 163 Å². The van der Waals surface area contributed by atoms with Crippen molar-refractivity contribution in [3.63, 3.8) is 0 Å². The molecule has 31 nitrogen and oxygen atoms in total. The quantitative estimate of drug-likeness (QED) is 0.00862. The van der Waals surface area contributed by atoms with Crippen molar-refractivity contribution in [3.05, 3.63) is 200 Å². The average molecular weight is 2050 g/mol. The van der Waals surface area contributed by atoms with E-state index in [1.54, 1.807) is 79.0 Å². The second-order valence-corrected chi connectivity index (χ2v) is 49.5. The van der Waals surface area contributed by atoms with E-state index in [9.17, 15) is 73.5 Å². The van der Waals surface area contributed by atoms with Crippen LogP contribution in [0.3, 0.4) is 0 Å². The maximum Gasteiger partial charge on any atom is 0.328 e. The number of phenolic OH excluding ortho intramolecular Hbond substituents is 1. The van der Waals surface area contributed by atoms with Gasteiger partial charge in [-0.15, -0.1) is 23.5 Å². The zero-order valence-corrected chi connectivity index (χ0v) is 88.8. The van der Waals surface area contributed by atoms with Crippen LogP contribution >= 0.6 is 35.1 Å². The largest absolute Gasteiger partial charge is 0.507 e. The standard InChI is InChI=1S/C35H52O5S2.C24H34N4O5S.C23H28ClN3O5S.C21H27N5O4S/c1-31(2,3)23-17-21(18-24(29(23)39)32(4,5)6)41-35(13,14)42-22-19-25(33(7,8)9)30(26(20-22)34(10,11)12)40-28(38)16-15-27(36)37;1-4-21-17(3)15-28(22(21)29)24(31)25-14-13-18-7-11-20(12-8-18)34(32,33)27-23(30)26-19-9-5-16(2)6-10-19;1-32-21-12-9-17(24)15-20(21)22(28)25-14-13-16-7-10-19(11-8-16)33(30,31)27-23(29)26-18-5-3-2-4-6-18;1-15-13-24-19(14-23-15)20(27)22-12-11-16-7-9-18(10-8-16)31(29,30)26-21(28)25-17-5-3-2-4-6-17/h17-20,39H,15-16H2,1-14H3,(H,36,37);7-8,11-12,16,19H,4-6,9-10,13-15H2,1-3H3,(H,25,31)(H2,26,27,30);7-12,15,18H,2-6,13-14H2,1H3,(H,25,28)(H2,26,27,29);7-10,13-14,17H,2-6,11-12H2,1H3,(H,22,27)(H2,25,26,28). The number of aromatic nitrogens is 2. The van der Waals surface area contributed by atoms with E-state index < -0.39 is 66.1 Å². The third kappa shape index (κ3) is 35.7. The van der Waals surface area contributed by atoms with Crippen molar-refractivity contribution < 1.29 is 88.1 Å². The number of rotatable bonds is 30. The zero-order chi connectivity index (χ0) is 104. The number of hydrogen-bond acceptors (Lipinski definition) is 22. The summed E-state index contributed by atoms with van der Waals surface area (Å²) in [5, 5.41) is 37.2. The van der Waals surface area contributed by atoms with Gasteiger partial charge in [0.2, 0.25) is 0 Å². The number of nitrogens with zero attached hydrogens (tertiary/aromatic N) is 3. The van der Waals surface area contributed by atoms with Crippen LogP contribution in [0.4, 0.5) is 19.2 Å². The summed E-state index contributed by atoms with van der Waals surface area (Å²) in [7, 11) is -10.4. The van der Waals surface area contributed by atoms with Crippen molar-refractivity contribution in [2.24, 2.45) is 5.92 Å². The van der Waals surface area contributed by atoms with Crippen LogP contribution < -0.4 is 55.5 Å². The van der Waals surface area contributed by atoms with E-state index in [-0.39, 0.29) is 94.8 Å². The molecule has 0 saturated heterocycles. The Kier molecular flexibility index (Phi) is 41.5. The van der Waals surface area contributed by atoms with Gasteiger partial charge in [-0.3, -0.25) is 33.9 Å². The first kappa shape index (κ1) is 114. The highest BCUT2D eigenvalue weighted by Gasteiger charge is 2.36. The molecule has 3 aliphatic carbocycles. The van der Waals surface area contributed by atoms with Gasteiger partial charge in [0, 0.05) is 86.6 Å². The Morgan fingerprint density at radius 1 is 0.500 bits per heavy atom. The fourth-order valence-corrected chi connectivity index (χ4v) is 21.7. The van der Waals surface area contributed by atoms with E-state index in [1.807, 2.05) is 13.8 Å². The Bertz CT molecular complexity index is 5830. The van der Waals surface area contributed by atoms with Gasteiger partial charge < -0.3 is 51.6 Å². The van der Waals surface area contributed by atoms with Gasteiger partial charge in [0.05, 0.1) is 62.7 Å². The van der Waals surface area contributed by atoms with Crippen LogP contribution in [0, 0.1) is 12.8 Å². The smallest absolute Gasteiger partial charge is 0.328 e. The molecule has 11 N–H and O–H groups in total. The first-order chi connectivity index (χ1) is 65.4. The van der Waals surface area contributed by atoms with E-state index in [4.69, 9.17) is 26.2 Å². The Morgan fingerprint density at radius 2 is 0.893 bits per heavy atom. The lowest BCUT2D eigenvalue weighted by Crippen LogP contribution is -2.45. The SMILES string of the molecule is CC(C)(Sc1cc(C(C)(C)C)c(O)c(C(C)(C)C)c1)Sc1cc(C(C)(C)C)c(OC(=O)CCC(=O)O)c(C(C)(C)C)c1.CCC1=C(C)CN(C(=O)NCCc2ccc(S(=O)(=O)NC(=O)NC3CCC(C)CC3)cc2)C1=O.COc1ccc(Cl)cc1C(=O)NCCc1ccc(S(=O)(=O)NC(=O)NC2CCCCC2)cc1.Cc1cnc(C(=O)NCCc2ccc(S(=O)(=O)NC(=O)NC3CCCCC3)cc2)cn1. The number of carbonyl (C=O) groups excluding carboxylic acids is 8. The van der Waals surface area contributed by atoms with Gasteiger partial charge in [0.15, 0.2) is 0 Å². The summed E-state index contributed by atoms with van der Waals surface area (Å²) in [4.78, 5) is 121. The van der Waals surface area contributed by atoms with Crippen LogP contribution in [0.2, 0.25) is 5.02 Å². The minimum Gasteiger partial charge on any atom is -0.507 e. The van der Waals surface area contributed by atoms with Crippen molar-refractivity contribution in [2.75, 3.05) is 33.3 Å². The molecule has 0 spiro atoms. The van der Waals surface area contributed by atoms with Gasteiger partial charge in [-0.05, 0) is 233 Å². The third-order valence-electron chi connectivity index (χ3n) is 24.0. The van der Waals surface area contributed by atoms with Crippen molar-refractivity contribution in [1.29, 1.82) is 0 Å². The number of carbonyl (C=O) groups is 9. The number of aliphatic carboxylic acids is 1. The number of benzene rings is 6. The number of hydrogen-bond donors (Lipinski definition) is 11. The number of aryl methyl sites for hydroxylation is 1. The number of aromatic hydroxyl groups is 1. The molecule has 0 bridgehead atoms. The second-order valence-electron chi connectivity index (χ2n) is 40.4. The minimum absolute atomic E-state index is 0.00209. The summed E-state index contributed by atoms with van der Waals surface area (Å²) in [6.07, 6.45) is 18.2. The number of amides is 11. The number of ether oxygens (including phenoxy) is 2. The molecule has 140 heavy (non-hydrogen) atoms. The lowest BCUT2D eigenvalue weighted by Gasteiger charge is -2.32. The molecule has 0 radical (unpaired) electrons. The van der Waals surface area contributed by atoms with E-state index in [0.717, 1.165) is 150 Å². The molecule has 3 fully saturated rings. The summed E-state index contributed by atoms with van der Waals surface area (Å²) < 4.78 is 92.0. The fraction of sp³-hybridized carbons (Fsp3) is 0.505. The Balaban J connectivity index is 0.000000230. The van der Waals surface area contributed by atoms with Crippen molar-refractivity contribution in [3.8, 4) is 17.2 Å². The number of sulfonamides is 3. The highest BCUT2D eigenvalue weighted by Crippen LogP contribution is 2.52. The molecule has 764 valence electrons. The molecule has 1 aromatic heterocycles. The number of imide groups is 1. The molecule has 3 saturated carbocycles. The number of carboxylic acids is 1. The number of halogens is 1. The Morgan fingerprint density at radius 3 is 1.26 bits per heavy atom. The predicted molar refractivity (Wildman–Crippen MR) is 547 cm³/mol. The van der Waals surface area contributed by atoms with E-state index >= 15 is 0 Å². The lowest BCUT2D eigenvalue weighted by molar-refractivity contribution is -0.142. The number of nitrogens with one attached hydrogen (secondary N) is 9. The number of methoxy groups -OCH3 is 1. The van der Waals surface area contributed by atoms with E-state index in [0.29, 0.717) is 91.2 Å². The highest BCUT2D eigenvalue weighted by molar-refractivity contribution is 8.18. The van der Waals surface area contributed by atoms with E-state index in [1.165, 1.54) is 66.9 Å².